The third kappa shape index (κ3) is 2.86. The van der Waals surface area contributed by atoms with Crippen molar-refractivity contribution in [1.82, 2.24) is 0 Å². The maximum Gasteiger partial charge on any atom is 0.314 e. The molecule has 1 aromatic carbocycles. The highest BCUT2D eigenvalue weighted by atomic mass is 16.5. The molecule has 0 saturated heterocycles. The van der Waals surface area contributed by atoms with E-state index < -0.39 is 11.4 Å². The van der Waals surface area contributed by atoms with Gasteiger partial charge in [-0.3, -0.25) is 4.79 Å². The third-order valence-electron chi connectivity index (χ3n) is 5.47. The van der Waals surface area contributed by atoms with E-state index in [9.17, 15) is 9.90 Å². The molecule has 2 fully saturated rings. The summed E-state index contributed by atoms with van der Waals surface area (Å²) in [5.41, 5.74) is 1.26. The van der Waals surface area contributed by atoms with E-state index in [4.69, 9.17) is 4.74 Å². The van der Waals surface area contributed by atoms with Gasteiger partial charge >= 0.3 is 5.97 Å². The van der Waals surface area contributed by atoms with E-state index in [1.165, 1.54) is 19.3 Å². The monoisotopic (exact) mass is 302 g/mol. The average molecular weight is 302 g/mol. The summed E-state index contributed by atoms with van der Waals surface area (Å²) in [7, 11) is 0. The van der Waals surface area contributed by atoms with E-state index in [1.54, 1.807) is 0 Å². The van der Waals surface area contributed by atoms with Gasteiger partial charge < -0.3 is 9.84 Å². The maximum absolute atomic E-state index is 12.1. The second-order valence-electron chi connectivity index (χ2n) is 7.06. The van der Waals surface area contributed by atoms with Crippen molar-refractivity contribution in [2.45, 2.75) is 63.7 Å². The highest BCUT2D eigenvalue weighted by Gasteiger charge is 2.43. The Morgan fingerprint density at radius 1 is 1.23 bits per heavy atom. The van der Waals surface area contributed by atoms with Crippen molar-refractivity contribution in [1.29, 1.82) is 0 Å². The topological polar surface area (TPSA) is 46.5 Å². The summed E-state index contributed by atoms with van der Waals surface area (Å²) in [5.74, 6) is 0.759. The molecule has 0 unspecified atom stereocenters. The lowest BCUT2D eigenvalue weighted by atomic mass is 9.69. The molecule has 0 bridgehead atoms. The molecule has 0 aromatic heterocycles. The van der Waals surface area contributed by atoms with Crippen LogP contribution >= 0.6 is 0 Å². The van der Waals surface area contributed by atoms with Gasteiger partial charge in [0.25, 0.3) is 0 Å². The fourth-order valence-electron chi connectivity index (χ4n) is 3.76. The van der Waals surface area contributed by atoms with Crippen LogP contribution in [0, 0.1) is 12.8 Å². The maximum atomic E-state index is 12.1. The fraction of sp³-hybridized carbons (Fsp3) is 0.632. The lowest BCUT2D eigenvalue weighted by Crippen LogP contribution is -2.38. The molecule has 3 heteroatoms. The van der Waals surface area contributed by atoms with Crippen LogP contribution in [0.1, 0.15) is 62.5 Å². The molecule has 1 aromatic rings. The minimum atomic E-state index is -0.751. The summed E-state index contributed by atoms with van der Waals surface area (Å²) in [6.07, 6.45) is 8.35. The van der Waals surface area contributed by atoms with Gasteiger partial charge in [-0.25, -0.2) is 0 Å². The minimum absolute atomic E-state index is 0.654. The number of rotatable bonds is 5. The van der Waals surface area contributed by atoms with Gasteiger partial charge in [0, 0.05) is 5.56 Å². The van der Waals surface area contributed by atoms with Crippen LogP contribution in [-0.2, 0) is 10.2 Å². The molecular weight excluding hydrogens is 276 g/mol. The number of benzene rings is 1. The van der Waals surface area contributed by atoms with Crippen LogP contribution in [0.2, 0.25) is 0 Å². The number of carbonyl (C=O) groups is 1. The number of carboxylic acid groups (broad SMARTS) is 1. The van der Waals surface area contributed by atoms with Crippen molar-refractivity contribution in [2.75, 3.05) is 6.61 Å². The second kappa shape index (κ2) is 6.31. The van der Waals surface area contributed by atoms with Crippen LogP contribution in [0.15, 0.2) is 18.2 Å². The highest BCUT2D eigenvalue weighted by Crippen LogP contribution is 2.44. The van der Waals surface area contributed by atoms with Gasteiger partial charge in [-0.2, -0.15) is 0 Å². The highest BCUT2D eigenvalue weighted by molar-refractivity contribution is 5.82. The third-order valence-corrected chi connectivity index (χ3v) is 5.47. The average Bonchev–Trinajstić information content (AvgIpc) is 2.47. The van der Waals surface area contributed by atoms with Gasteiger partial charge in [0.15, 0.2) is 0 Å². The Balaban J connectivity index is 1.91. The normalized spacial score (nSPS) is 21.1. The first-order chi connectivity index (χ1) is 10.6. The van der Waals surface area contributed by atoms with Crippen molar-refractivity contribution in [3.05, 3.63) is 29.3 Å². The van der Waals surface area contributed by atoms with Crippen LogP contribution in [0.5, 0.6) is 5.75 Å². The summed E-state index contributed by atoms with van der Waals surface area (Å²) >= 11 is 0. The first-order valence-electron chi connectivity index (χ1n) is 8.59. The molecule has 3 nitrogen and oxygen atoms in total. The Morgan fingerprint density at radius 2 is 1.95 bits per heavy atom. The summed E-state index contributed by atoms with van der Waals surface area (Å²) < 4.78 is 6.06. The molecule has 0 heterocycles. The molecule has 2 aliphatic rings. The smallest absolute Gasteiger partial charge is 0.314 e. The molecule has 2 saturated carbocycles. The Morgan fingerprint density at radius 3 is 2.55 bits per heavy atom. The summed E-state index contributed by atoms with van der Waals surface area (Å²) in [4.78, 5) is 12.1. The predicted octanol–water partition coefficient (Wildman–Crippen LogP) is 4.46. The zero-order valence-electron chi connectivity index (χ0n) is 13.4. The molecule has 3 rings (SSSR count). The fourth-order valence-corrected chi connectivity index (χ4v) is 3.76. The van der Waals surface area contributed by atoms with Crippen LogP contribution in [0.3, 0.4) is 0 Å². The van der Waals surface area contributed by atoms with Gasteiger partial charge in [-0.1, -0.05) is 43.4 Å². The largest absolute Gasteiger partial charge is 0.493 e. The molecule has 22 heavy (non-hydrogen) atoms. The number of aryl methyl sites for hydroxylation is 1. The minimum Gasteiger partial charge on any atom is -0.493 e. The van der Waals surface area contributed by atoms with E-state index in [0.29, 0.717) is 5.92 Å². The molecule has 0 aliphatic heterocycles. The summed E-state index contributed by atoms with van der Waals surface area (Å²) in [6, 6.07) is 6.04. The van der Waals surface area contributed by atoms with Crippen molar-refractivity contribution in [3.8, 4) is 5.75 Å². The molecule has 120 valence electrons. The lowest BCUT2D eigenvalue weighted by Gasteiger charge is -2.35. The van der Waals surface area contributed by atoms with Crippen LogP contribution in [0.25, 0.3) is 0 Å². The van der Waals surface area contributed by atoms with E-state index >= 15 is 0 Å². The zero-order valence-corrected chi connectivity index (χ0v) is 13.4. The molecular formula is C19H26O3. The quantitative estimate of drug-likeness (QED) is 0.873. The van der Waals surface area contributed by atoms with E-state index in [-0.39, 0.29) is 0 Å². The van der Waals surface area contributed by atoms with E-state index in [1.807, 2.05) is 25.1 Å². The SMILES string of the molecule is Cc1ccc(OCC2CCC2)c(C2(C(=O)O)CCCCC2)c1. The number of aliphatic carboxylic acids is 1. The molecule has 0 radical (unpaired) electrons. The molecule has 0 spiro atoms. The Hall–Kier alpha value is -1.51. The predicted molar refractivity (Wildman–Crippen MR) is 86.4 cm³/mol. The first kappa shape index (κ1) is 15.4. The Labute approximate surface area is 132 Å². The number of hydrogen-bond acceptors (Lipinski definition) is 2. The van der Waals surface area contributed by atoms with Gasteiger partial charge in [-0.15, -0.1) is 0 Å². The van der Waals surface area contributed by atoms with Crippen molar-refractivity contribution in [2.24, 2.45) is 5.92 Å². The van der Waals surface area contributed by atoms with Gasteiger partial charge in [0.2, 0.25) is 0 Å². The van der Waals surface area contributed by atoms with Gasteiger partial charge in [0.1, 0.15) is 5.75 Å². The van der Waals surface area contributed by atoms with E-state index in [2.05, 4.69) is 0 Å². The van der Waals surface area contributed by atoms with Gasteiger partial charge in [0.05, 0.1) is 12.0 Å². The van der Waals surface area contributed by atoms with Crippen LogP contribution < -0.4 is 4.74 Å². The number of hydrogen-bond donors (Lipinski definition) is 1. The number of ether oxygens (including phenoxy) is 1. The van der Waals surface area contributed by atoms with E-state index in [0.717, 1.165) is 55.6 Å². The second-order valence-corrected chi connectivity index (χ2v) is 7.06. The molecule has 0 amide bonds. The standard InChI is InChI=1S/C19H26O3/c1-14-8-9-17(22-13-15-6-5-7-15)16(12-14)19(18(20)21)10-3-2-4-11-19/h8-9,12,15H,2-7,10-11,13H2,1H3,(H,20,21). The Kier molecular flexibility index (Phi) is 4.42. The van der Waals surface area contributed by atoms with Crippen molar-refractivity contribution >= 4 is 5.97 Å². The molecule has 0 atom stereocenters. The summed E-state index contributed by atoms with van der Waals surface area (Å²) in [6.45, 7) is 2.75. The van der Waals surface area contributed by atoms with Crippen LogP contribution in [0.4, 0.5) is 0 Å². The molecule has 2 aliphatic carbocycles. The zero-order chi connectivity index (χ0) is 15.6. The molecule has 1 N–H and O–H groups in total. The number of carboxylic acids is 1. The summed E-state index contributed by atoms with van der Waals surface area (Å²) in [5, 5.41) is 9.94. The first-order valence-corrected chi connectivity index (χ1v) is 8.59. The van der Waals surface area contributed by atoms with Gasteiger partial charge in [-0.05, 0) is 44.6 Å². The van der Waals surface area contributed by atoms with Crippen molar-refractivity contribution < 1.29 is 14.6 Å². The Bertz CT molecular complexity index is 540. The van der Waals surface area contributed by atoms with Crippen LogP contribution in [-0.4, -0.2) is 17.7 Å². The lowest BCUT2D eigenvalue weighted by molar-refractivity contribution is -0.145. The van der Waals surface area contributed by atoms with Crippen molar-refractivity contribution in [3.63, 3.8) is 0 Å².